The van der Waals surface area contributed by atoms with Crippen LogP contribution in [0.25, 0.3) is 0 Å². The van der Waals surface area contributed by atoms with Gasteiger partial charge in [-0.05, 0) is 17.5 Å². The highest BCUT2D eigenvalue weighted by atomic mass is 19.1. The molecule has 1 aromatic rings. The van der Waals surface area contributed by atoms with Crippen LogP contribution in [-0.2, 0) is 0 Å². The number of nitro benzene ring substituents is 1. The SMILES string of the molecule is CC(C)(C)[C@@H](N)c1cc(F)ccc1[N+](=O)[O-]. The van der Waals surface area contributed by atoms with Crippen molar-refractivity contribution in [3.8, 4) is 0 Å². The number of hydrogen-bond acceptors (Lipinski definition) is 3. The first-order chi connectivity index (χ1) is 7.23. The van der Waals surface area contributed by atoms with Crippen LogP contribution < -0.4 is 5.73 Å². The molecule has 2 N–H and O–H groups in total. The molecule has 0 aliphatic heterocycles. The predicted molar refractivity (Wildman–Crippen MR) is 59.4 cm³/mol. The average Bonchev–Trinajstić information content (AvgIpc) is 2.14. The van der Waals surface area contributed by atoms with Gasteiger partial charge in [0.15, 0.2) is 0 Å². The van der Waals surface area contributed by atoms with Gasteiger partial charge in [-0.15, -0.1) is 0 Å². The normalized spacial score (nSPS) is 13.6. The molecule has 0 saturated carbocycles. The van der Waals surface area contributed by atoms with E-state index in [0.29, 0.717) is 0 Å². The molecule has 0 aromatic heterocycles. The molecule has 0 heterocycles. The number of halogens is 1. The van der Waals surface area contributed by atoms with Crippen molar-refractivity contribution in [2.24, 2.45) is 11.1 Å². The van der Waals surface area contributed by atoms with Crippen molar-refractivity contribution in [1.82, 2.24) is 0 Å². The highest BCUT2D eigenvalue weighted by molar-refractivity contribution is 5.43. The van der Waals surface area contributed by atoms with Crippen molar-refractivity contribution >= 4 is 5.69 Å². The van der Waals surface area contributed by atoms with Crippen LogP contribution in [0.1, 0.15) is 32.4 Å². The monoisotopic (exact) mass is 226 g/mol. The molecule has 16 heavy (non-hydrogen) atoms. The minimum Gasteiger partial charge on any atom is -0.323 e. The fourth-order valence-electron chi connectivity index (χ4n) is 1.41. The van der Waals surface area contributed by atoms with Crippen LogP contribution in [0.4, 0.5) is 10.1 Å². The lowest BCUT2D eigenvalue weighted by molar-refractivity contribution is -0.385. The topological polar surface area (TPSA) is 69.2 Å². The van der Waals surface area contributed by atoms with E-state index in [1.54, 1.807) is 0 Å². The molecule has 0 aliphatic rings. The smallest absolute Gasteiger partial charge is 0.274 e. The van der Waals surface area contributed by atoms with Crippen LogP contribution in [-0.4, -0.2) is 4.92 Å². The molecule has 0 saturated heterocycles. The van der Waals surface area contributed by atoms with Crippen molar-refractivity contribution in [3.05, 3.63) is 39.7 Å². The van der Waals surface area contributed by atoms with Gasteiger partial charge in [0.2, 0.25) is 0 Å². The zero-order valence-corrected chi connectivity index (χ0v) is 9.53. The molecule has 0 spiro atoms. The predicted octanol–water partition coefficient (Wildman–Crippen LogP) is 2.78. The van der Waals surface area contributed by atoms with Crippen molar-refractivity contribution in [2.75, 3.05) is 0 Å². The number of hydrogen-bond donors (Lipinski definition) is 1. The fourth-order valence-corrected chi connectivity index (χ4v) is 1.41. The van der Waals surface area contributed by atoms with E-state index in [0.717, 1.165) is 18.2 Å². The van der Waals surface area contributed by atoms with E-state index in [1.165, 1.54) is 0 Å². The zero-order chi connectivity index (χ0) is 12.5. The minimum absolute atomic E-state index is 0.135. The maximum Gasteiger partial charge on any atom is 0.274 e. The van der Waals surface area contributed by atoms with Crippen LogP contribution >= 0.6 is 0 Å². The Labute approximate surface area is 93.4 Å². The van der Waals surface area contributed by atoms with Gasteiger partial charge in [0.05, 0.1) is 4.92 Å². The molecule has 1 atom stereocenters. The van der Waals surface area contributed by atoms with Gasteiger partial charge in [-0.3, -0.25) is 10.1 Å². The molecular weight excluding hydrogens is 211 g/mol. The second-order valence-corrected chi connectivity index (χ2v) is 4.80. The Morgan fingerprint density at radius 3 is 2.44 bits per heavy atom. The number of nitrogens with zero attached hydrogens (tertiary/aromatic N) is 1. The van der Waals surface area contributed by atoms with E-state index in [4.69, 9.17) is 5.73 Å². The van der Waals surface area contributed by atoms with Crippen LogP contribution in [0.5, 0.6) is 0 Å². The quantitative estimate of drug-likeness (QED) is 0.622. The number of benzene rings is 1. The van der Waals surface area contributed by atoms with E-state index in [2.05, 4.69) is 0 Å². The molecule has 0 radical (unpaired) electrons. The number of rotatable bonds is 2. The maximum absolute atomic E-state index is 13.1. The lowest BCUT2D eigenvalue weighted by Crippen LogP contribution is -2.27. The largest absolute Gasteiger partial charge is 0.323 e. The summed E-state index contributed by atoms with van der Waals surface area (Å²) >= 11 is 0. The summed E-state index contributed by atoms with van der Waals surface area (Å²) in [4.78, 5) is 10.3. The summed E-state index contributed by atoms with van der Waals surface area (Å²) in [6.07, 6.45) is 0. The fraction of sp³-hybridized carbons (Fsp3) is 0.455. The minimum atomic E-state index is -0.580. The Balaban J connectivity index is 3.30. The molecule has 0 unspecified atom stereocenters. The summed E-state index contributed by atoms with van der Waals surface area (Å²) in [5, 5.41) is 10.8. The van der Waals surface area contributed by atoms with Crippen LogP contribution in [0.2, 0.25) is 0 Å². The first-order valence-corrected chi connectivity index (χ1v) is 4.93. The molecule has 1 aromatic carbocycles. The van der Waals surface area contributed by atoms with Crippen molar-refractivity contribution in [3.63, 3.8) is 0 Å². The van der Waals surface area contributed by atoms with Crippen LogP contribution in [0, 0.1) is 21.3 Å². The molecule has 88 valence electrons. The molecule has 4 nitrogen and oxygen atoms in total. The van der Waals surface area contributed by atoms with Gasteiger partial charge in [-0.2, -0.15) is 0 Å². The lowest BCUT2D eigenvalue weighted by Gasteiger charge is -2.27. The van der Waals surface area contributed by atoms with Gasteiger partial charge in [0.25, 0.3) is 5.69 Å². The third-order valence-electron chi connectivity index (χ3n) is 2.45. The Hall–Kier alpha value is -1.49. The standard InChI is InChI=1S/C11H15FN2O2/c1-11(2,3)10(13)8-6-7(12)4-5-9(8)14(15)16/h4-6,10H,13H2,1-3H3/t10-/m0/s1. The highest BCUT2D eigenvalue weighted by Gasteiger charge is 2.28. The third kappa shape index (κ3) is 2.55. The molecule has 0 aliphatic carbocycles. The highest BCUT2D eigenvalue weighted by Crippen LogP contribution is 2.35. The number of nitrogens with two attached hydrogens (primary N) is 1. The lowest BCUT2D eigenvalue weighted by atomic mass is 9.82. The Morgan fingerprint density at radius 2 is 2.00 bits per heavy atom. The van der Waals surface area contributed by atoms with Gasteiger partial charge >= 0.3 is 0 Å². The molecule has 0 amide bonds. The Kier molecular flexibility index (Phi) is 3.28. The summed E-state index contributed by atoms with van der Waals surface area (Å²) in [5.41, 5.74) is 5.64. The van der Waals surface area contributed by atoms with Crippen molar-refractivity contribution in [1.29, 1.82) is 0 Å². The number of nitro groups is 1. The Bertz CT molecular complexity index is 413. The molecule has 0 fully saturated rings. The van der Waals surface area contributed by atoms with Crippen LogP contribution in [0.15, 0.2) is 18.2 Å². The molecular formula is C11H15FN2O2. The second-order valence-electron chi connectivity index (χ2n) is 4.80. The van der Waals surface area contributed by atoms with E-state index in [9.17, 15) is 14.5 Å². The summed E-state index contributed by atoms with van der Waals surface area (Å²) in [6, 6.07) is 2.77. The molecule has 1 rings (SSSR count). The Morgan fingerprint density at radius 1 is 1.44 bits per heavy atom. The summed E-state index contributed by atoms with van der Waals surface area (Å²) < 4.78 is 13.1. The average molecular weight is 226 g/mol. The van der Waals surface area contributed by atoms with Crippen molar-refractivity contribution in [2.45, 2.75) is 26.8 Å². The van der Waals surface area contributed by atoms with E-state index < -0.39 is 16.8 Å². The zero-order valence-electron chi connectivity index (χ0n) is 9.53. The van der Waals surface area contributed by atoms with Gasteiger partial charge in [-0.1, -0.05) is 20.8 Å². The van der Waals surface area contributed by atoms with E-state index in [1.807, 2.05) is 20.8 Å². The van der Waals surface area contributed by atoms with Gasteiger partial charge in [0.1, 0.15) is 5.82 Å². The maximum atomic E-state index is 13.1. The van der Waals surface area contributed by atoms with Gasteiger partial charge < -0.3 is 5.73 Å². The summed E-state index contributed by atoms with van der Waals surface area (Å²) in [5.74, 6) is -0.514. The van der Waals surface area contributed by atoms with E-state index in [-0.39, 0.29) is 16.7 Å². The van der Waals surface area contributed by atoms with E-state index >= 15 is 0 Å². The summed E-state index contributed by atoms with van der Waals surface area (Å²) in [7, 11) is 0. The van der Waals surface area contributed by atoms with Gasteiger partial charge in [-0.25, -0.2) is 4.39 Å². The second kappa shape index (κ2) is 4.17. The first kappa shape index (κ1) is 12.6. The van der Waals surface area contributed by atoms with Crippen LogP contribution in [0.3, 0.4) is 0 Å². The summed E-state index contributed by atoms with van der Waals surface area (Å²) in [6.45, 7) is 5.56. The third-order valence-corrected chi connectivity index (χ3v) is 2.45. The first-order valence-electron chi connectivity index (χ1n) is 4.93. The molecule has 5 heteroatoms. The molecule has 0 bridgehead atoms. The van der Waals surface area contributed by atoms with Gasteiger partial charge in [0, 0.05) is 17.7 Å². The van der Waals surface area contributed by atoms with Crippen molar-refractivity contribution < 1.29 is 9.31 Å².